The lowest BCUT2D eigenvalue weighted by Crippen LogP contribution is -2.32. The van der Waals surface area contributed by atoms with Crippen molar-refractivity contribution >= 4 is 17.5 Å². The van der Waals surface area contributed by atoms with E-state index in [-0.39, 0.29) is 11.9 Å². The van der Waals surface area contributed by atoms with Crippen molar-refractivity contribution in [2.24, 2.45) is 0 Å². The number of halogens is 1. The minimum absolute atomic E-state index is 0.0716. The molecular formula is C13H15ClN2O. The van der Waals surface area contributed by atoms with E-state index in [0.29, 0.717) is 10.7 Å². The Kier molecular flexibility index (Phi) is 3.79. The molecule has 0 saturated carbocycles. The van der Waals surface area contributed by atoms with E-state index in [1.165, 1.54) is 0 Å². The van der Waals surface area contributed by atoms with Gasteiger partial charge in [-0.25, -0.2) is 4.98 Å². The van der Waals surface area contributed by atoms with Gasteiger partial charge in [0.1, 0.15) is 5.15 Å². The van der Waals surface area contributed by atoms with E-state index >= 15 is 0 Å². The maximum absolute atomic E-state index is 12.0. The lowest BCUT2D eigenvalue weighted by atomic mass is 10.1. The fraction of sp³-hybridized carbons (Fsp3) is 0.385. The van der Waals surface area contributed by atoms with Gasteiger partial charge in [-0.2, -0.15) is 0 Å². The third kappa shape index (κ3) is 3.07. The number of pyridine rings is 1. The van der Waals surface area contributed by atoms with Crippen LogP contribution in [0, 0.1) is 0 Å². The van der Waals surface area contributed by atoms with Crippen LogP contribution in [0.3, 0.4) is 0 Å². The molecule has 1 aromatic heterocycles. The second-order valence-corrected chi connectivity index (χ2v) is 4.52. The molecule has 0 aliphatic heterocycles. The van der Waals surface area contributed by atoms with Gasteiger partial charge in [0.15, 0.2) is 0 Å². The van der Waals surface area contributed by atoms with Crippen LogP contribution in [0.15, 0.2) is 24.3 Å². The zero-order chi connectivity index (χ0) is 12.3. The van der Waals surface area contributed by atoms with Crippen LogP contribution in [0.4, 0.5) is 0 Å². The van der Waals surface area contributed by atoms with Crippen molar-refractivity contribution < 1.29 is 4.79 Å². The Morgan fingerprint density at radius 1 is 1.47 bits per heavy atom. The van der Waals surface area contributed by atoms with E-state index in [4.69, 9.17) is 11.6 Å². The standard InChI is InChI=1S/C13H15ClN2O/c1-2-10-7-9(8-12(14)15-10)13(17)16-11-5-3-4-6-11/h3-4,7-8,11H,2,5-6H2,1H3,(H,16,17). The second kappa shape index (κ2) is 5.32. The Morgan fingerprint density at radius 2 is 2.18 bits per heavy atom. The third-order valence-electron chi connectivity index (χ3n) is 2.81. The molecule has 90 valence electrons. The largest absolute Gasteiger partial charge is 0.349 e. The van der Waals surface area contributed by atoms with E-state index in [2.05, 4.69) is 22.5 Å². The third-order valence-corrected chi connectivity index (χ3v) is 3.01. The minimum Gasteiger partial charge on any atom is -0.349 e. The average molecular weight is 251 g/mol. The molecule has 0 aromatic carbocycles. The molecule has 4 heteroatoms. The molecule has 3 nitrogen and oxygen atoms in total. The van der Waals surface area contributed by atoms with Crippen LogP contribution < -0.4 is 5.32 Å². The van der Waals surface area contributed by atoms with Gasteiger partial charge in [-0.05, 0) is 31.4 Å². The fourth-order valence-corrected chi connectivity index (χ4v) is 2.09. The summed E-state index contributed by atoms with van der Waals surface area (Å²) in [5.74, 6) is -0.0716. The van der Waals surface area contributed by atoms with Crippen molar-refractivity contribution in [3.8, 4) is 0 Å². The monoisotopic (exact) mass is 250 g/mol. The summed E-state index contributed by atoms with van der Waals surface area (Å²) >= 11 is 5.89. The Balaban J connectivity index is 2.10. The van der Waals surface area contributed by atoms with Crippen molar-refractivity contribution in [2.75, 3.05) is 0 Å². The maximum Gasteiger partial charge on any atom is 0.251 e. The van der Waals surface area contributed by atoms with Crippen molar-refractivity contribution in [1.29, 1.82) is 0 Å². The van der Waals surface area contributed by atoms with E-state index in [1.807, 2.05) is 6.92 Å². The first kappa shape index (κ1) is 12.1. The van der Waals surface area contributed by atoms with Crippen molar-refractivity contribution in [3.63, 3.8) is 0 Å². The fourth-order valence-electron chi connectivity index (χ4n) is 1.87. The number of aromatic nitrogens is 1. The second-order valence-electron chi connectivity index (χ2n) is 4.14. The number of carbonyl (C=O) groups is 1. The summed E-state index contributed by atoms with van der Waals surface area (Å²) in [6.07, 6.45) is 6.76. The van der Waals surface area contributed by atoms with Gasteiger partial charge in [0.2, 0.25) is 0 Å². The molecule has 1 heterocycles. The highest BCUT2D eigenvalue weighted by atomic mass is 35.5. The normalized spacial score (nSPS) is 15.2. The average Bonchev–Trinajstić information content (AvgIpc) is 2.81. The highest BCUT2D eigenvalue weighted by molar-refractivity contribution is 6.29. The van der Waals surface area contributed by atoms with Crippen molar-refractivity contribution in [1.82, 2.24) is 10.3 Å². The first-order chi connectivity index (χ1) is 8.19. The summed E-state index contributed by atoms with van der Waals surface area (Å²) in [4.78, 5) is 16.1. The number of nitrogens with zero attached hydrogens (tertiary/aromatic N) is 1. The van der Waals surface area contributed by atoms with E-state index in [0.717, 1.165) is 25.0 Å². The lowest BCUT2D eigenvalue weighted by Gasteiger charge is -2.12. The first-order valence-corrected chi connectivity index (χ1v) is 6.19. The first-order valence-electron chi connectivity index (χ1n) is 5.81. The number of hydrogen-bond donors (Lipinski definition) is 1. The van der Waals surface area contributed by atoms with E-state index < -0.39 is 0 Å². The molecule has 0 unspecified atom stereocenters. The Hall–Kier alpha value is -1.35. The molecule has 1 N–H and O–H groups in total. The molecule has 0 bridgehead atoms. The SMILES string of the molecule is CCc1cc(C(=O)NC2CC=CC2)cc(Cl)n1. The summed E-state index contributed by atoms with van der Waals surface area (Å²) in [5, 5.41) is 3.36. The summed E-state index contributed by atoms with van der Waals surface area (Å²) < 4.78 is 0. The quantitative estimate of drug-likeness (QED) is 0.662. The summed E-state index contributed by atoms with van der Waals surface area (Å²) in [6.45, 7) is 1.99. The van der Waals surface area contributed by atoms with E-state index in [9.17, 15) is 4.79 Å². The van der Waals surface area contributed by atoms with Crippen LogP contribution in [0.1, 0.15) is 35.8 Å². The molecule has 1 aliphatic carbocycles. The maximum atomic E-state index is 12.0. The Bertz CT molecular complexity index is 449. The van der Waals surface area contributed by atoms with Gasteiger partial charge in [-0.3, -0.25) is 4.79 Å². The zero-order valence-electron chi connectivity index (χ0n) is 9.74. The molecule has 0 atom stereocenters. The molecule has 1 aromatic rings. The van der Waals surface area contributed by atoms with Crippen molar-refractivity contribution in [3.05, 3.63) is 40.7 Å². The van der Waals surface area contributed by atoms with Crippen LogP contribution in [-0.4, -0.2) is 16.9 Å². The highest BCUT2D eigenvalue weighted by Crippen LogP contribution is 2.14. The van der Waals surface area contributed by atoms with Gasteiger partial charge in [0, 0.05) is 17.3 Å². The van der Waals surface area contributed by atoms with Gasteiger partial charge >= 0.3 is 0 Å². The molecule has 2 rings (SSSR count). The van der Waals surface area contributed by atoms with Crippen LogP contribution in [0.5, 0.6) is 0 Å². The summed E-state index contributed by atoms with van der Waals surface area (Å²) in [6, 6.07) is 3.63. The van der Waals surface area contributed by atoms with Crippen LogP contribution in [0.2, 0.25) is 5.15 Å². The van der Waals surface area contributed by atoms with Crippen molar-refractivity contribution in [2.45, 2.75) is 32.2 Å². The van der Waals surface area contributed by atoms with Gasteiger partial charge in [-0.1, -0.05) is 30.7 Å². The molecule has 1 aliphatic rings. The number of aryl methyl sites for hydroxylation is 1. The van der Waals surface area contributed by atoms with Gasteiger partial charge < -0.3 is 5.32 Å². The predicted molar refractivity (Wildman–Crippen MR) is 68.3 cm³/mol. The number of hydrogen-bond acceptors (Lipinski definition) is 2. The van der Waals surface area contributed by atoms with Crippen LogP contribution in [-0.2, 0) is 6.42 Å². The molecule has 1 amide bonds. The molecular weight excluding hydrogens is 236 g/mol. The van der Waals surface area contributed by atoms with Crippen LogP contribution in [0.25, 0.3) is 0 Å². The zero-order valence-corrected chi connectivity index (χ0v) is 10.5. The van der Waals surface area contributed by atoms with Gasteiger partial charge in [-0.15, -0.1) is 0 Å². The minimum atomic E-state index is -0.0716. The van der Waals surface area contributed by atoms with Crippen LogP contribution >= 0.6 is 11.6 Å². The van der Waals surface area contributed by atoms with Gasteiger partial charge in [0.25, 0.3) is 5.91 Å². The molecule has 0 radical (unpaired) electrons. The Morgan fingerprint density at radius 3 is 2.82 bits per heavy atom. The molecule has 0 saturated heterocycles. The highest BCUT2D eigenvalue weighted by Gasteiger charge is 2.15. The Labute approximate surface area is 106 Å². The molecule has 17 heavy (non-hydrogen) atoms. The topological polar surface area (TPSA) is 42.0 Å². The van der Waals surface area contributed by atoms with Gasteiger partial charge in [0.05, 0.1) is 0 Å². The van der Waals surface area contributed by atoms with E-state index in [1.54, 1.807) is 12.1 Å². The number of rotatable bonds is 3. The number of carbonyl (C=O) groups excluding carboxylic acids is 1. The smallest absolute Gasteiger partial charge is 0.251 e. The lowest BCUT2D eigenvalue weighted by molar-refractivity contribution is 0.0938. The molecule has 0 spiro atoms. The molecule has 0 fully saturated rings. The summed E-state index contributed by atoms with van der Waals surface area (Å²) in [5.41, 5.74) is 1.43. The number of nitrogens with one attached hydrogen (secondary N) is 1. The predicted octanol–water partition coefficient (Wildman–Crippen LogP) is 2.75. The number of amides is 1. The summed E-state index contributed by atoms with van der Waals surface area (Å²) in [7, 11) is 0.